The maximum Gasteiger partial charge on any atom is 0.414 e. The van der Waals surface area contributed by atoms with Crippen LogP contribution < -0.4 is 10.2 Å². The third kappa shape index (κ3) is 3.33. The molecule has 2 rings (SSSR count). The van der Waals surface area contributed by atoms with E-state index in [1.807, 2.05) is 0 Å². The molecule has 1 unspecified atom stereocenters. The predicted molar refractivity (Wildman–Crippen MR) is 76.2 cm³/mol. The van der Waals surface area contributed by atoms with E-state index in [1.165, 1.54) is 9.80 Å². The van der Waals surface area contributed by atoms with Crippen molar-refractivity contribution < 1.29 is 14.3 Å². The van der Waals surface area contributed by atoms with Crippen molar-refractivity contribution >= 4 is 29.4 Å². The highest BCUT2D eigenvalue weighted by molar-refractivity contribution is 6.30. The summed E-state index contributed by atoms with van der Waals surface area (Å²) in [5, 5.41) is 3.24. The minimum Gasteiger partial charge on any atom is -0.442 e. The fourth-order valence-electron chi connectivity index (χ4n) is 1.84. The molecule has 6 nitrogen and oxygen atoms in total. The van der Waals surface area contributed by atoms with Crippen molar-refractivity contribution in [2.45, 2.75) is 6.10 Å². The Hall–Kier alpha value is -1.95. The molecule has 0 radical (unpaired) electrons. The van der Waals surface area contributed by atoms with Crippen molar-refractivity contribution in [2.24, 2.45) is 0 Å². The molecule has 20 heavy (non-hydrogen) atoms. The second-order valence-corrected chi connectivity index (χ2v) is 5.11. The SMILES string of the molecule is CN(C)C(=O)NCC1CN(c2cccc(Cl)c2)C(=O)O1. The van der Waals surface area contributed by atoms with E-state index in [0.29, 0.717) is 17.3 Å². The van der Waals surface area contributed by atoms with Crippen molar-refractivity contribution in [2.75, 3.05) is 32.1 Å². The molecule has 1 aromatic rings. The van der Waals surface area contributed by atoms with E-state index in [1.54, 1.807) is 38.4 Å². The topological polar surface area (TPSA) is 61.9 Å². The summed E-state index contributed by atoms with van der Waals surface area (Å²) in [5.74, 6) is 0. The number of carbonyl (C=O) groups is 2. The van der Waals surface area contributed by atoms with E-state index in [0.717, 1.165) is 0 Å². The third-order valence-corrected chi connectivity index (χ3v) is 3.12. The maximum absolute atomic E-state index is 11.8. The summed E-state index contributed by atoms with van der Waals surface area (Å²) in [6.07, 6.45) is -0.804. The predicted octanol–water partition coefficient (Wildman–Crippen LogP) is 1.94. The Labute approximate surface area is 122 Å². The van der Waals surface area contributed by atoms with E-state index in [-0.39, 0.29) is 18.7 Å². The zero-order chi connectivity index (χ0) is 14.7. The Kier molecular flexibility index (Phi) is 4.34. The fraction of sp³-hybridized carbons (Fsp3) is 0.385. The quantitative estimate of drug-likeness (QED) is 0.927. The zero-order valence-electron chi connectivity index (χ0n) is 11.3. The number of nitrogens with zero attached hydrogens (tertiary/aromatic N) is 2. The summed E-state index contributed by atoms with van der Waals surface area (Å²) in [7, 11) is 3.29. The number of anilines is 1. The minimum atomic E-state index is -0.434. The van der Waals surface area contributed by atoms with Gasteiger partial charge in [0.1, 0.15) is 6.10 Å². The highest BCUT2D eigenvalue weighted by Gasteiger charge is 2.32. The van der Waals surface area contributed by atoms with Gasteiger partial charge in [-0.1, -0.05) is 17.7 Å². The summed E-state index contributed by atoms with van der Waals surface area (Å²) in [6.45, 7) is 0.659. The summed E-state index contributed by atoms with van der Waals surface area (Å²) < 4.78 is 5.21. The smallest absolute Gasteiger partial charge is 0.414 e. The highest BCUT2D eigenvalue weighted by Crippen LogP contribution is 2.24. The number of cyclic esters (lactones) is 1. The number of ether oxygens (including phenoxy) is 1. The molecular formula is C13H16ClN3O3. The van der Waals surface area contributed by atoms with Crippen molar-refractivity contribution in [3.05, 3.63) is 29.3 Å². The molecule has 1 saturated heterocycles. The Morgan fingerprint density at radius 1 is 1.55 bits per heavy atom. The van der Waals surface area contributed by atoms with E-state index in [2.05, 4.69) is 5.32 Å². The van der Waals surface area contributed by atoms with Crippen LogP contribution in [0.1, 0.15) is 0 Å². The first-order valence-electron chi connectivity index (χ1n) is 6.16. The number of carbonyl (C=O) groups excluding carboxylic acids is 2. The summed E-state index contributed by atoms with van der Waals surface area (Å²) in [4.78, 5) is 26.2. The van der Waals surface area contributed by atoms with Crippen molar-refractivity contribution in [1.82, 2.24) is 10.2 Å². The van der Waals surface area contributed by atoms with Crippen LogP contribution in [0.4, 0.5) is 15.3 Å². The van der Waals surface area contributed by atoms with Crippen molar-refractivity contribution in [1.29, 1.82) is 0 Å². The average molecular weight is 298 g/mol. The Morgan fingerprint density at radius 3 is 2.95 bits per heavy atom. The second kappa shape index (κ2) is 6.00. The van der Waals surface area contributed by atoms with Crippen LogP contribution in [-0.4, -0.2) is 50.3 Å². The third-order valence-electron chi connectivity index (χ3n) is 2.88. The van der Waals surface area contributed by atoms with Gasteiger partial charge in [-0.3, -0.25) is 4.90 Å². The molecule has 0 spiro atoms. The van der Waals surface area contributed by atoms with Gasteiger partial charge in [0.15, 0.2) is 0 Å². The lowest BCUT2D eigenvalue weighted by Crippen LogP contribution is -2.40. The molecule has 7 heteroatoms. The molecule has 1 aliphatic rings. The molecule has 0 aromatic heterocycles. The van der Waals surface area contributed by atoms with E-state index < -0.39 is 6.09 Å². The number of amides is 3. The average Bonchev–Trinajstić information content (AvgIpc) is 2.77. The Bertz CT molecular complexity index is 521. The number of benzene rings is 1. The van der Waals surface area contributed by atoms with Crippen LogP contribution in [0.2, 0.25) is 5.02 Å². The van der Waals surface area contributed by atoms with Crippen LogP contribution in [0.3, 0.4) is 0 Å². The van der Waals surface area contributed by atoms with Gasteiger partial charge in [0.05, 0.1) is 13.1 Å². The number of urea groups is 1. The molecule has 1 aromatic carbocycles. The Morgan fingerprint density at radius 2 is 2.30 bits per heavy atom. The van der Waals surface area contributed by atoms with Crippen molar-refractivity contribution in [3.63, 3.8) is 0 Å². The Balaban J connectivity index is 1.95. The molecule has 1 atom stereocenters. The molecule has 3 amide bonds. The number of hydrogen-bond acceptors (Lipinski definition) is 3. The molecule has 1 heterocycles. The standard InChI is InChI=1S/C13H16ClN3O3/c1-16(2)12(18)15-7-11-8-17(13(19)20-11)10-5-3-4-9(14)6-10/h3-6,11H,7-8H2,1-2H3,(H,15,18). The zero-order valence-corrected chi connectivity index (χ0v) is 12.1. The van der Waals surface area contributed by atoms with Crippen LogP contribution in [0.5, 0.6) is 0 Å². The van der Waals surface area contributed by atoms with Gasteiger partial charge >= 0.3 is 12.1 Å². The molecule has 1 fully saturated rings. The first-order valence-corrected chi connectivity index (χ1v) is 6.54. The minimum absolute atomic E-state index is 0.220. The maximum atomic E-state index is 11.8. The molecule has 1 N–H and O–H groups in total. The monoisotopic (exact) mass is 297 g/mol. The van der Waals surface area contributed by atoms with Gasteiger partial charge in [-0.25, -0.2) is 9.59 Å². The van der Waals surface area contributed by atoms with Crippen LogP contribution >= 0.6 is 11.6 Å². The molecule has 108 valence electrons. The van der Waals surface area contributed by atoms with Gasteiger partial charge in [-0.05, 0) is 18.2 Å². The lowest BCUT2D eigenvalue weighted by molar-refractivity contribution is 0.139. The fourth-order valence-corrected chi connectivity index (χ4v) is 2.03. The number of nitrogens with one attached hydrogen (secondary N) is 1. The van der Waals surface area contributed by atoms with Crippen molar-refractivity contribution in [3.8, 4) is 0 Å². The van der Waals surface area contributed by atoms with Crippen LogP contribution in [0, 0.1) is 0 Å². The van der Waals surface area contributed by atoms with Crippen LogP contribution in [0.25, 0.3) is 0 Å². The van der Waals surface area contributed by atoms with E-state index >= 15 is 0 Å². The lowest BCUT2D eigenvalue weighted by atomic mass is 10.2. The summed E-state index contributed by atoms with van der Waals surface area (Å²) in [5.41, 5.74) is 0.684. The van der Waals surface area contributed by atoms with Gasteiger partial charge < -0.3 is 15.0 Å². The molecule has 1 aliphatic heterocycles. The number of rotatable bonds is 3. The largest absolute Gasteiger partial charge is 0.442 e. The highest BCUT2D eigenvalue weighted by atomic mass is 35.5. The van der Waals surface area contributed by atoms with Gasteiger partial charge in [0.25, 0.3) is 0 Å². The summed E-state index contributed by atoms with van der Waals surface area (Å²) in [6, 6.07) is 6.77. The first kappa shape index (κ1) is 14.5. The van der Waals surface area contributed by atoms with Gasteiger partial charge in [0.2, 0.25) is 0 Å². The van der Waals surface area contributed by atoms with E-state index in [4.69, 9.17) is 16.3 Å². The first-order chi connectivity index (χ1) is 9.47. The van der Waals surface area contributed by atoms with E-state index in [9.17, 15) is 9.59 Å². The normalized spacial score (nSPS) is 17.9. The van der Waals surface area contributed by atoms with Gasteiger partial charge in [0, 0.05) is 24.8 Å². The lowest BCUT2D eigenvalue weighted by Gasteiger charge is -2.15. The van der Waals surface area contributed by atoms with Crippen LogP contribution in [0.15, 0.2) is 24.3 Å². The van der Waals surface area contributed by atoms with Gasteiger partial charge in [-0.2, -0.15) is 0 Å². The number of halogens is 1. The molecular weight excluding hydrogens is 282 g/mol. The molecule has 0 bridgehead atoms. The van der Waals surface area contributed by atoms with Gasteiger partial charge in [-0.15, -0.1) is 0 Å². The number of hydrogen-bond donors (Lipinski definition) is 1. The van der Waals surface area contributed by atoms with Crippen LogP contribution in [-0.2, 0) is 4.74 Å². The molecule has 0 saturated carbocycles. The second-order valence-electron chi connectivity index (χ2n) is 4.68. The molecule has 0 aliphatic carbocycles. The summed E-state index contributed by atoms with van der Waals surface area (Å²) >= 11 is 5.90.